The van der Waals surface area contributed by atoms with Gasteiger partial charge in [-0.3, -0.25) is 0 Å². The molecule has 0 atom stereocenters. The summed E-state index contributed by atoms with van der Waals surface area (Å²) in [6, 6.07) is 5.58. The molecule has 0 aliphatic heterocycles. The van der Waals surface area contributed by atoms with Crippen LogP contribution in [0.15, 0.2) is 18.2 Å². The zero-order valence-electron chi connectivity index (χ0n) is 7.31. The molecular weight excluding hydrogens is 275 g/mol. The van der Waals surface area contributed by atoms with Crippen molar-refractivity contribution in [3.63, 3.8) is 0 Å². The van der Waals surface area contributed by atoms with Crippen molar-refractivity contribution < 1.29 is 17.9 Å². The Labute approximate surface area is 92.4 Å². The summed E-state index contributed by atoms with van der Waals surface area (Å²) in [7, 11) is 0. The summed E-state index contributed by atoms with van der Waals surface area (Å²) in [6.45, 7) is 0. The lowest BCUT2D eigenvalue weighted by atomic mass is 10.1. The molecule has 0 amide bonds. The highest BCUT2D eigenvalue weighted by Crippen LogP contribution is 2.28. The van der Waals surface area contributed by atoms with E-state index < -0.39 is 6.36 Å². The van der Waals surface area contributed by atoms with Crippen LogP contribution in [-0.4, -0.2) is 6.36 Å². The monoisotopic (exact) mass is 279 g/mol. The Bertz CT molecular complexity index is 397. The largest absolute Gasteiger partial charge is 0.573 e. The van der Waals surface area contributed by atoms with Gasteiger partial charge >= 0.3 is 6.36 Å². The Kier molecular flexibility index (Phi) is 3.58. The van der Waals surface area contributed by atoms with Gasteiger partial charge in [-0.05, 0) is 18.2 Å². The van der Waals surface area contributed by atoms with Gasteiger partial charge in [-0.25, -0.2) is 0 Å². The highest BCUT2D eigenvalue weighted by Gasteiger charge is 2.31. The smallest absolute Gasteiger partial charge is 0.405 e. The molecule has 15 heavy (non-hydrogen) atoms. The minimum atomic E-state index is -4.72. The first kappa shape index (κ1) is 11.9. The van der Waals surface area contributed by atoms with E-state index in [9.17, 15) is 13.2 Å². The number of alkyl halides is 4. The van der Waals surface area contributed by atoms with E-state index in [1.54, 1.807) is 0 Å². The number of nitrogens with zero attached hydrogens (tertiary/aromatic N) is 1. The quantitative estimate of drug-likeness (QED) is 0.778. The van der Waals surface area contributed by atoms with Crippen LogP contribution in [-0.2, 0) is 5.33 Å². The number of hydrogen-bond acceptors (Lipinski definition) is 2. The number of hydrogen-bond donors (Lipinski definition) is 0. The Morgan fingerprint density at radius 3 is 2.53 bits per heavy atom. The molecule has 0 aliphatic rings. The number of rotatable bonds is 2. The third kappa shape index (κ3) is 3.44. The number of ether oxygens (including phenoxy) is 1. The fourth-order valence-corrected chi connectivity index (χ4v) is 1.42. The summed E-state index contributed by atoms with van der Waals surface area (Å²) in [5, 5.41) is 8.74. The highest BCUT2D eigenvalue weighted by molar-refractivity contribution is 9.08. The average Bonchev–Trinajstić information content (AvgIpc) is 2.16. The van der Waals surface area contributed by atoms with Crippen LogP contribution in [0.2, 0.25) is 0 Å². The molecule has 1 aromatic carbocycles. The maximum atomic E-state index is 11.9. The second-order valence-electron chi connectivity index (χ2n) is 2.62. The number of nitriles is 1. The summed E-state index contributed by atoms with van der Waals surface area (Å²) in [4.78, 5) is 0. The zero-order valence-corrected chi connectivity index (χ0v) is 8.89. The Hall–Kier alpha value is -1.22. The topological polar surface area (TPSA) is 33.0 Å². The van der Waals surface area contributed by atoms with Crippen molar-refractivity contribution in [1.29, 1.82) is 5.26 Å². The average molecular weight is 280 g/mol. The molecular formula is C9H5BrF3NO. The van der Waals surface area contributed by atoms with Crippen LogP contribution < -0.4 is 4.74 Å². The van der Waals surface area contributed by atoms with E-state index in [0.29, 0.717) is 5.56 Å². The fourth-order valence-electron chi connectivity index (χ4n) is 0.978. The SMILES string of the molecule is N#Cc1ccc(OC(F)(F)F)c(CBr)c1. The lowest BCUT2D eigenvalue weighted by Gasteiger charge is -2.11. The molecule has 2 nitrogen and oxygen atoms in total. The van der Waals surface area contributed by atoms with Crippen LogP contribution in [0.1, 0.15) is 11.1 Å². The molecule has 1 aromatic rings. The molecule has 0 N–H and O–H groups in total. The molecule has 6 heteroatoms. The molecule has 0 aliphatic carbocycles. The first-order chi connectivity index (χ1) is 6.96. The number of halogens is 4. The van der Waals surface area contributed by atoms with E-state index in [-0.39, 0.29) is 16.6 Å². The maximum absolute atomic E-state index is 11.9. The molecule has 0 saturated carbocycles. The van der Waals surface area contributed by atoms with Gasteiger partial charge in [-0.2, -0.15) is 5.26 Å². The van der Waals surface area contributed by atoms with Crippen LogP contribution >= 0.6 is 15.9 Å². The Morgan fingerprint density at radius 1 is 1.40 bits per heavy atom. The summed E-state index contributed by atoms with van der Waals surface area (Å²) in [5.41, 5.74) is 0.574. The molecule has 0 saturated heterocycles. The van der Waals surface area contributed by atoms with Gasteiger partial charge in [0, 0.05) is 10.9 Å². The Balaban J connectivity index is 3.04. The molecule has 0 heterocycles. The van der Waals surface area contributed by atoms with E-state index in [1.165, 1.54) is 12.1 Å². The minimum absolute atomic E-state index is 0.188. The molecule has 0 spiro atoms. The summed E-state index contributed by atoms with van der Waals surface area (Å²) in [5.74, 6) is -0.293. The summed E-state index contributed by atoms with van der Waals surface area (Å²) in [6.07, 6.45) is -4.72. The first-order valence-corrected chi connectivity index (χ1v) is 4.93. The van der Waals surface area contributed by atoms with Crippen molar-refractivity contribution >= 4 is 15.9 Å². The van der Waals surface area contributed by atoms with Gasteiger partial charge in [0.05, 0.1) is 11.6 Å². The Morgan fingerprint density at radius 2 is 2.07 bits per heavy atom. The van der Waals surface area contributed by atoms with Crippen LogP contribution in [0.5, 0.6) is 5.75 Å². The van der Waals surface area contributed by atoms with Gasteiger partial charge in [0.2, 0.25) is 0 Å². The van der Waals surface area contributed by atoms with Gasteiger partial charge in [-0.15, -0.1) is 13.2 Å². The predicted octanol–water partition coefficient (Wildman–Crippen LogP) is 3.35. The second kappa shape index (κ2) is 4.53. The van der Waals surface area contributed by atoms with Crippen molar-refractivity contribution in [1.82, 2.24) is 0 Å². The fraction of sp³-hybridized carbons (Fsp3) is 0.222. The predicted molar refractivity (Wildman–Crippen MR) is 50.5 cm³/mol. The van der Waals surface area contributed by atoms with E-state index in [1.807, 2.05) is 6.07 Å². The van der Waals surface area contributed by atoms with Crippen molar-refractivity contribution in [2.75, 3.05) is 0 Å². The first-order valence-electron chi connectivity index (χ1n) is 3.81. The third-order valence-corrected chi connectivity index (χ3v) is 2.16. The van der Waals surface area contributed by atoms with E-state index in [2.05, 4.69) is 20.7 Å². The highest BCUT2D eigenvalue weighted by atomic mass is 79.9. The molecule has 0 fully saturated rings. The van der Waals surface area contributed by atoms with E-state index in [0.717, 1.165) is 6.07 Å². The van der Waals surface area contributed by atoms with E-state index in [4.69, 9.17) is 5.26 Å². The molecule has 0 radical (unpaired) electrons. The lowest BCUT2D eigenvalue weighted by molar-refractivity contribution is -0.274. The summed E-state index contributed by atoms with van der Waals surface area (Å²) >= 11 is 3.02. The van der Waals surface area contributed by atoms with Crippen molar-refractivity contribution in [2.45, 2.75) is 11.7 Å². The molecule has 0 aromatic heterocycles. The maximum Gasteiger partial charge on any atom is 0.573 e. The molecule has 0 unspecified atom stereocenters. The van der Waals surface area contributed by atoms with Gasteiger partial charge in [0.1, 0.15) is 5.75 Å². The lowest BCUT2D eigenvalue weighted by Crippen LogP contribution is -2.18. The second-order valence-corrected chi connectivity index (χ2v) is 3.18. The number of benzene rings is 1. The van der Waals surface area contributed by atoms with Gasteiger partial charge in [0.15, 0.2) is 0 Å². The van der Waals surface area contributed by atoms with Gasteiger partial charge < -0.3 is 4.74 Å². The molecule has 80 valence electrons. The zero-order chi connectivity index (χ0) is 11.5. The normalized spacial score (nSPS) is 10.9. The van der Waals surface area contributed by atoms with Crippen molar-refractivity contribution in [3.8, 4) is 11.8 Å². The standard InChI is InChI=1S/C9H5BrF3NO/c10-4-7-3-6(5-14)1-2-8(7)15-9(11,12)13/h1-3H,4H2. The van der Waals surface area contributed by atoms with Crippen LogP contribution in [0, 0.1) is 11.3 Å². The van der Waals surface area contributed by atoms with Crippen molar-refractivity contribution in [2.24, 2.45) is 0 Å². The molecule has 1 rings (SSSR count). The van der Waals surface area contributed by atoms with Crippen LogP contribution in [0.25, 0.3) is 0 Å². The third-order valence-electron chi connectivity index (χ3n) is 1.56. The minimum Gasteiger partial charge on any atom is -0.405 e. The molecule has 0 bridgehead atoms. The van der Waals surface area contributed by atoms with Crippen LogP contribution in [0.3, 0.4) is 0 Å². The summed E-state index contributed by atoms with van der Waals surface area (Å²) < 4.78 is 39.6. The van der Waals surface area contributed by atoms with Gasteiger partial charge in [-0.1, -0.05) is 15.9 Å². The van der Waals surface area contributed by atoms with Gasteiger partial charge in [0.25, 0.3) is 0 Å². The van der Waals surface area contributed by atoms with Crippen LogP contribution in [0.4, 0.5) is 13.2 Å². The van der Waals surface area contributed by atoms with E-state index >= 15 is 0 Å². The van der Waals surface area contributed by atoms with Crippen molar-refractivity contribution in [3.05, 3.63) is 29.3 Å².